The van der Waals surface area contributed by atoms with Gasteiger partial charge in [0.05, 0.1) is 48.7 Å². The largest absolute Gasteiger partial charge is 0.460 e. The van der Waals surface area contributed by atoms with E-state index in [0.29, 0.717) is 11.1 Å². The number of nitriles is 1. The highest BCUT2D eigenvalue weighted by atomic mass is 32.2. The summed E-state index contributed by atoms with van der Waals surface area (Å²) in [6.07, 6.45) is 8.50. The third-order valence-electron chi connectivity index (χ3n) is 9.83. The summed E-state index contributed by atoms with van der Waals surface area (Å²) < 4.78 is 69.9. The minimum Gasteiger partial charge on any atom is -0.460 e. The highest BCUT2D eigenvalue weighted by molar-refractivity contribution is 8.00. The van der Waals surface area contributed by atoms with Crippen LogP contribution >= 0.6 is 11.8 Å². The smallest absolute Gasteiger partial charge is 0.339 e. The normalized spacial score (nSPS) is 19.4. The molecular formula is C42H43F3N6O6S. The van der Waals surface area contributed by atoms with Crippen LogP contribution in [0.3, 0.4) is 0 Å². The number of ether oxygens (including phenoxy) is 4. The molecule has 304 valence electrons. The Hall–Kier alpha value is -5.31. The number of nitrogens with zero attached hydrogens (tertiary/aromatic N) is 6. The first-order valence-corrected chi connectivity index (χ1v) is 19.6. The van der Waals surface area contributed by atoms with Crippen molar-refractivity contribution in [1.82, 2.24) is 24.6 Å². The first-order chi connectivity index (χ1) is 28.0. The molecule has 0 saturated carbocycles. The molecule has 58 heavy (non-hydrogen) atoms. The predicted molar refractivity (Wildman–Crippen MR) is 209 cm³/mol. The quantitative estimate of drug-likeness (QED) is 0.107. The fraction of sp³-hybridized carbons (Fsp3) is 0.357. The molecule has 16 heteroatoms. The molecule has 4 aromatic rings. The van der Waals surface area contributed by atoms with Gasteiger partial charge in [-0.25, -0.2) is 27.6 Å². The number of aromatic nitrogens is 3. The van der Waals surface area contributed by atoms with Crippen molar-refractivity contribution in [3.63, 3.8) is 0 Å². The molecule has 0 unspecified atom stereocenters. The van der Waals surface area contributed by atoms with Gasteiger partial charge >= 0.3 is 11.9 Å². The van der Waals surface area contributed by atoms with Crippen molar-refractivity contribution in [1.29, 1.82) is 5.26 Å². The first kappa shape index (κ1) is 42.3. The Kier molecular flexibility index (Phi) is 14.5. The van der Waals surface area contributed by atoms with Crippen LogP contribution in [0.4, 0.5) is 13.2 Å². The Morgan fingerprint density at radius 2 is 1.81 bits per heavy atom. The molecule has 0 bridgehead atoms. The molecule has 3 heterocycles. The second-order valence-corrected chi connectivity index (χ2v) is 15.6. The van der Waals surface area contributed by atoms with Gasteiger partial charge in [0.2, 0.25) is 0 Å². The van der Waals surface area contributed by atoms with Gasteiger partial charge in [0.1, 0.15) is 36.7 Å². The van der Waals surface area contributed by atoms with E-state index in [9.17, 15) is 18.4 Å². The van der Waals surface area contributed by atoms with Gasteiger partial charge in [-0.3, -0.25) is 9.69 Å². The minimum absolute atomic E-state index is 0.0854. The monoisotopic (exact) mass is 816 g/mol. The number of benzene rings is 3. The van der Waals surface area contributed by atoms with Crippen molar-refractivity contribution in [2.45, 2.75) is 42.5 Å². The maximum Gasteiger partial charge on any atom is 0.339 e. The lowest BCUT2D eigenvalue weighted by Gasteiger charge is -2.40. The van der Waals surface area contributed by atoms with E-state index in [2.05, 4.69) is 15.0 Å². The zero-order valence-electron chi connectivity index (χ0n) is 32.0. The topological polar surface area (TPSA) is 132 Å². The van der Waals surface area contributed by atoms with Gasteiger partial charge in [0.15, 0.2) is 11.9 Å². The number of hydrogen-bond donors (Lipinski definition) is 0. The van der Waals surface area contributed by atoms with E-state index in [1.807, 2.05) is 18.0 Å². The molecule has 3 aromatic carbocycles. The summed E-state index contributed by atoms with van der Waals surface area (Å²) in [5, 5.41) is 12.2. The summed E-state index contributed by atoms with van der Waals surface area (Å²) >= 11 is 1.33. The summed E-state index contributed by atoms with van der Waals surface area (Å²) in [7, 11) is 2.03. The van der Waals surface area contributed by atoms with Crippen molar-refractivity contribution >= 4 is 29.8 Å². The van der Waals surface area contributed by atoms with Crippen LogP contribution in [0, 0.1) is 28.8 Å². The molecule has 0 radical (unpaired) electrons. The molecule has 2 fully saturated rings. The molecule has 1 aromatic heterocycles. The average molecular weight is 817 g/mol. The van der Waals surface area contributed by atoms with E-state index in [1.165, 1.54) is 53.4 Å². The van der Waals surface area contributed by atoms with Gasteiger partial charge in [-0.1, -0.05) is 42.5 Å². The molecule has 0 aliphatic carbocycles. The molecule has 2 aliphatic heterocycles. The van der Waals surface area contributed by atoms with Gasteiger partial charge in [-0.05, 0) is 50.4 Å². The van der Waals surface area contributed by atoms with Crippen LogP contribution in [-0.4, -0.2) is 106 Å². The number of carbonyl (C=O) groups excluding carboxylic acids is 2. The Morgan fingerprint density at radius 3 is 2.52 bits per heavy atom. The lowest BCUT2D eigenvalue weighted by Crippen LogP contribution is -2.47. The second kappa shape index (κ2) is 19.9. The van der Waals surface area contributed by atoms with Gasteiger partial charge in [0, 0.05) is 54.2 Å². The number of piperazine rings is 1. The summed E-state index contributed by atoms with van der Waals surface area (Å²) in [5.74, 6) is -3.51. The van der Waals surface area contributed by atoms with Crippen LogP contribution in [0.1, 0.15) is 39.5 Å². The SMILES string of the molecule is C[C@@H](SC1COC(/C=C/C=C/c2ccc(C#N)cc2F)OC1)[C@@](Cn1cncn1)(OC(=O)c1ccccc1COC(=O)CN1CCN(C)CC1)c1ccc(F)cc1F. The second-order valence-electron chi connectivity index (χ2n) is 13.9. The Balaban J connectivity index is 1.18. The van der Waals surface area contributed by atoms with Crippen molar-refractivity contribution in [2.75, 3.05) is 53.0 Å². The van der Waals surface area contributed by atoms with Crippen molar-refractivity contribution in [2.24, 2.45) is 0 Å². The fourth-order valence-electron chi connectivity index (χ4n) is 6.58. The predicted octanol–water partition coefficient (Wildman–Crippen LogP) is 5.74. The Labute approximate surface area is 338 Å². The van der Waals surface area contributed by atoms with Crippen LogP contribution < -0.4 is 0 Å². The number of halogens is 3. The molecule has 2 saturated heterocycles. The van der Waals surface area contributed by atoms with Crippen LogP contribution in [0.5, 0.6) is 0 Å². The van der Waals surface area contributed by atoms with Crippen LogP contribution in [0.15, 0.2) is 91.5 Å². The van der Waals surface area contributed by atoms with Gasteiger partial charge in [-0.15, -0.1) is 11.8 Å². The van der Waals surface area contributed by atoms with E-state index >= 15 is 4.39 Å². The standard InChI is InChI=1S/C42H43F3N6O6S/c1-29(58-34-24-55-40(56-25-34)10-6-4-7-31-12-11-30(21-46)19-37(31)44)42(26-51-28-47-27-48-51,36-14-13-33(43)20-38(36)45)57-41(53)35-9-5-3-8-32(35)23-54-39(52)22-50-17-15-49(2)16-18-50/h3-14,19-20,27-29,34,40H,15-18,22-26H2,1-2H3/b7-4+,10-6+/t29-,34?,40?,42-/m1/s1. The molecule has 2 atom stereocenters. The highest BCUT2D eigenvalue weighted by Gasteiger charge is 2.47. The Bertz CT molecular complexity index is 2130. The van der Waals surface area contributed by atoms with E-state index in [4.69, 9.17) is 24.2 Å². The summed E-state index contributed by atoms with van der Waals surface area (Å²) in [6, 6.07) is 15.7. The zero-order chi connectivity index (χ0) is 41.1. The van der Waals surface area contributed by atoms with Crippen LogP contribution in [0.2, 0.25) is 0 Å². The highest BCUT2D eigenvalue weighted by Crippen LogP contribution is 2.42. The van der Waals surface area contributed by atoms with Crippen LogP contribution in [0.25, 0.3) is 6.08 Å². The number of thioether (sulfide) groups is 1. The molecular weight excluding hydrogens is 774 g/mol. The maximum absolute atomic E-state index is 16.0. The van der Waals surface area contributed by atoms with Gasteiger partial charge in [-0.2, -0.15) is 10.4 Å². The van der Waals surface area contributed by atoms with E-state index in [-0.39, 0.29) is 54.9 Å². The number of rotatable bonds is 15. The molecule has 0 N–H and O–H groups in total. The molecule has 12 nitrogen and oxygen atoms in total. The summed E-state index contributed by atoms with van der Waals surface area (Å²) in [6.45, 7) is 5.06. The van der Waals surface area contributed by atoms with Crippen molar-refractivity contribution < 1.29 is 41.7 Å². The number of carbonyl (C=O) groups is 2. The third-order valence-corrected chi connectivity index (χ3v) is 11.3. The van der Waals surface area contributed by atoms with Gasteiger partial charge < -0.3 is 23.8 Å². The first-order valence-electron chi connectivity index (χ1n) is 18.6. The maximum atomic E-state index is 16.0. The third kappa shape index (κ3) is 11.0. The molecule has 0 spiro atoms. The van der Waals surface area contributed by atoms with E-state index < -0.39 is 46.5 Å². The number of esters is 2. The number of hydrogen-bond acceptors (Lipinski definition) is 12. The zero-order valence-corrected chi connectivity index (χ0v) is 32.8. The molecule has 6 rings (SSSR count). The lowest BCUT2D eigenvalue weighted by molar-refractivity contribution is -0.147. The van der Waals surface area contributed by atoms with E-state index in [0.717, 1.165) is 44.4 Å². The van der Waals surface area contributed by atoms with E-state index in [1.54, 1.807) is 49.4 Å². The summed E-state index contributed by atoms with van der Waals surface area (Å²) in [4.78, 5) is 35.4. The number of likely N-dealkylation sites (N-methyl/N-ethyl adjacent to an activating group) is 1. The molecule has 0 amide bonds. The van der Waals surface area contributed by atoms with Crippen LogP contribution in [-0.2, 0) is 42.5 Å². The average Bonchev–Trinajstić information content (AvgIpc) is 3.73. The van der Waals surface area contributed by atoms with Crippen molar-refractivity contribution in [3.05, 3.63) is 137 Å². The molecule has 2 aliphatic rings. The van der Waals surface area contributed by atoms with Crippen molar-refractivity contribution in [3.8, 4) is 6.07 Å². The van der Waals surface area contributed by atoms with Gasteiger partial charge in [0.25, 0.3) is 0 Å². The lowest BCUT2D eigenvalue weighted by atomic mass is 9.89. The summed E-state index contributed by atoms with van der Waals surface area (Å²) in [5.41, 5.74) is -0.842. The minimum atomic E-state index is -1.79. The Morgan fingerprint density at radius 1 is 1.03 bits per heavy atom. The fourth-order valence-corrected chi connectivity index (χ4v) is 7.94. The number of allylic oxidation sites excluding steroid dienone is 2.